The molecule has 0 atom stereocenters. The molecule has 0 saturated heterocycles. The van der Waals surface area contributed by atoms with Crippen molar-refractivity contribution in [1.29, 1.82) is 0 Å². The molecule has 0 N–H and O–H groups in total. The number of halogens is 1. The Hall–Kier alpha value is -1.86. The zero-order valence-corrected chi connectivity index (χ0v) is 14.5. The van der Waals surface area contributed by atoms with Crippen LogP contribution >= 0.6 is 23.4 Å². The van der Waals surface area contributed by atoms with Gasteiger partial charge in [-0.25, -0.2) is 9.67 Å². The van der Waals surface area contributed by atoms with Crippen LogP contribution in [-0.4, -0.2) is 25.2 Å². The van der Waals surface area contributed by atoms with E-state index >= 15 is 0 Å². The highest BCUT2D eigenvalue weighted by Gasteiger charge is 2.22. The molecule has 2 heterocycles. The third-order valence-electron chi connectivity index (χ3n) is 4.12. The van der Waals surface area contributed by atoms with Gasteiger partial charge in [-0.1, -0.05) is 48.3 Å². The Balaban J connectivity index is 1.45. The third-order valence-corrected chi connectivity index (χ3v) is 5.27. The van der Waals surface area contributed by atoms with E-state index in [1.54, 1.807) is 18.0 Å². The van der Waals surface area contributed by atoms with Gasteiger partial charge in [-0.3, -0.25) is 0 Å². The van der Waals surface area contributed by atoms with E-state index in [0.29, 0.717) is 28.5 Å². The fraction of sp³-hybridized carbons (Fsp3) is 0.375. The molecule has 0 radical (unpaired) electrons. The molecule has 1 aliphatic carbocycles. The summed E-state index contributed by atoms with van der Waals surface area (Å²) < 4.78 is 7.76. The first-order chi connectivity index (χ1) is 11.8. The Labute approximate surface area is 148 Å². The molecule has 0 amide bonds. The van der Waals surface area contributed by atoms with Crippen molar-refractivity contribution in [2.24, 2.45) is 0 Å². The minimum Gasteiger partial charge on any atom is -0.440 e. The molecular weight excluding hydrogens is 346 g/mol. The standard InChI is InChI=1S/C16H16ClN5OS/c17-12-5-3-4-11(8-12)14-9-18-15(23-14)10-24-16-19-20-21-22(16)13-6-1-2-7-13/h3-5,8-9,13H,1-2,6-7,10H2. The summed E-state index contributed by atoms with van der Waals surface area (Å²) in [6, 6.07) is 7.96. The van der Waals surface area contributed by atoms with Crippen LogP contribution < -0.4 is 0 Å². The zero-order chi connectivity index (χ0) is 16.4. The molecule has 124 valence electrons. The van der Waals surface area contributed by atoms with Gasteiger partial charge in [-0.15, -0.1) is 5.10 Å². The SMILES string of the molecule is Clc1cccc(-c2cnc(CSc3nnnn3C3CCCC3)o2)c1. The number of oxazole rings is 1. The summed E-state index contributed by atoms with van der Waals surface area (Å²) in [4.78, 5) is 4.34. The monoisotopic (exact) mass is 361 g/mol. The van der Waals surface area contributed by atoms with Gasteiger partial charge in [-0.05, 0) is 35.4 Å². The number of hydrogen-bond acceptors (Lipinski definition) is 6. The summed E-state index contributed by atoms with van der Waals surface area (Å²) in [7, 11) is 0. The zero-order valence-electron chi connectivity index (χ0n) is 12.9. The van der Waals surface area contributed by atoms with E-state index in [1.165, 1.54) is 12.8 Å². The molecule has 0 bridgehead atoms. The fourth-order valence-corrected chi connectivity index (χ4v) is 3.93. The van der Waals surface area contributed by atoms with Crippen LogP contribution in [0.25, 0.3) is 11.3 Å². The number of tetrazole rings is 1. The van der Waals surface area contributed by atoms with Crippen LogP contribution in [0.2, 0.25) is 5.02 Å². The van der Waals surface area contributed by atoms with Crippen LogP contribution in [0.3, 0.4) is 0 Å². The molecule has 1 aliphatic rings. The van der Waals surface area contributed by atoms with Gasteiger partial charge in [0.25, 0.3) is 0 Å². The Bertz CT molecular complexity index is 827. The van der Waals surface area contributed by atoms with Gasteiger partial charge in [0.05, 0.1) is 18.0 Å². The quantitative estimate of drug-likeness (QED) is 0.628. The molecule has 0 aliphatic heterocycles. The first kappa shape index (κ1) is 15.7. The molecule has 2 aromatic heterocycles. The second-order valence-electron chi connectivity index (χ2n) is 5.76. The van der Waals surface area contributed by atoms with Crippen molar-refractivity contribution >= 4 is 23.4 Å². The normalized spacial score (nSPS) is 15.2. The van der Waals surface area contributed by atoms with Crippen molar-refractivity contribution in [2.45, 2.75) is 42.6 Å². The lowest BCUT2D eigenvalue weighted by molar-refractivity contribution is 0.422. The summed E-state index contributed by atoms with van der Waals surface area (Å²) >= 11 is 7.57. The number of aromatic nitrogens is 5. The Morgan fingerprint density at radius 1 is 1.29 bits per heavy atom. The number of benzene rings is 1. The van der Waals surface area contributed by atoms with Crippen molar-refractivity contribution in [3.63, 3.8) is 0 Å². The Morgan fingerprint density at radius 3 is 3.00 bits per heavy atom. The van der Waals surface area contributed by atoms with Crippen LogP contribution in [0, 0.1) is 0 Å². The van der Waals surface area contributed by atoms with Crippen LogP contribution in [0.5, 0.6) is 0 Å². The van der Waals surface area contributed by atoms with Gasteiger partial charge in [0.2, 0.25) is 11.0 Å². The van der Waals surface area contributed by atoms with E-state index in [1.807, 2.05) is 28.9 Å². The highest BCUT2D eigenvalue weighted by atomic mass is 35.5. The average Bonchev–Trinajstić information content (AvgIpc) is 3.33. The minimum atomic E-state index is 0.425. The molecule has 6 nitrogen and oxygen atoms in total. The largest absolute Gasteiger partial charge is 0.440 e. The lowest BCUT2D eigenvalue weighted by Crippen LogP contribution is -2.08. The maximum Gasteiger partial charge on any atom is 0.210 e. The Morgan fingerprint density at radius 2 is 2.17 bits per heavy atom. The molecule has 3 aromatic rings. The second-order valence-corrected chi connectivity index (χ2v) is 7.14. The molecule has 24 heavy (non-hydrogen) atoms. The topological polar surface area (TPSA) is 69.6 Å². The predicted molar refractivity (Wildman–Crippen MR) is 91.8 cm³/mol. The highest BCUT2D eigenvalue weighted by Crippen LogP contribution is 2.32. The fourth-order valence-electron chi connectivity index (χ4n) is 2.94. The van der Waals surface area contributed by atoms with Gasteiger partial charge >= 0.3 is 0 Å². The van der Waals surface area contributed by atoms with Crippen molar-refractivity contribution in [2.75, 3.05) is 0 Å². The molecule has 8 heteroatoms. The molecule has 1 saturated carbocycles. The Kier molecular flexibility index (Phi) is 4.53. The molecule has 1 aromatic carbocycles. The average molecular weight is 362 g/mol. The van der Waals surface area contributed by atoms with E-state index in [-0.39, 0.29) is 0 Å². The summed E-state index contributed by atoms with van der Waals surface area (Å²) in [5, 5.41) is 13.6. The van der Waals surface area contributed by atoms with Gasteiger partial charge in [-0.2, -0.15) is 0 Å². The van der Waals surface area contributed by atoms with Gasteiger partial charge in [0, 0.05) is 10.6 Å². The van der Waals surface area contributed by atoms with Gasteiger partial charge < -0.3 is 4.42 Å². The van der Waals surface area contributed by atoms with E-state index in [2.05, 4.69) is 20.5 Å². The number of hydrogen-bond donors (Lipinski definition) is 0. The number of nitrogens with zero attached hydrogens (tertiary/aromatic N) is 5. The van der Waals surface area contributed by atoms with Crippen molar-refractivity contribution in [3.8, 4) is 11.3 Å². The van der Waals surface area contributed by atoms with Crippen LogP contribution in [-0.2, 0) is 5.75 Å². The van der Waals surface area contributed by atoms with Gasteiger partial charge in [0.1, 0.15) is 0 Å². The van der Waals surface area contributed by atoms with Crippen LogP contribution in [0.15, 0.2) is 40.0 Å². The smallest absolute Gasteiger partial charge is 0.210 e. The first-order valence-electron chi connectivity index (χ1n) is 7.91. The van der Waals surface area contributed by atoms with Crippen molar-refractivity contribution < 1.29 is 4.42 Å². The van der Waals surface area contributed by atoms with E-state index in [9.17, 15) is 0 Å². The predicted octanol–water partition coefficient (Wildman–Crippen LogP) is 4.39. The maximum absolute atomic E-state index is 6.02. The first-order valence-corrected chi connectivity index (χ1v) is 9.27. The molecule has 0 spiro atoms. The molecule has 1 fully saturated rings. The molecule has 4 rings (SSSR count). The summed E-state index contributed by atoms with van der Waals surface area (Å²) in [6.45, 7) is 0. The third kappa shape index (κ3) is 3.32. The van der Waals surface area contributed by atoms with Crippen LogP contribution in [0.1, 0.15) is 37.6 Å². The summed E-state index contributed by atoms with van der Waals surface area (Å²) in [6.07, 6.45) is 6.52. The van der Waals surface area contributed by atoms with Crippen molar-refractivity contribution in [3.05, 3.63) is 41.4 Å². The minimum absolute atomic E-state index is 0.425. The number of thioether (sulfide) groups is 1. The lowest BCUT2D eigenvalue weighted by Gasteiger charge is -2.09. The lowest BCUT2D eigenvalue weighted by atomic mass is 10.2. The molecule has 0 unspecified atom stereocenters. The summed E-state index contributed by atoms with van der Waals surface area (Å²) in [5.74, 6) is 1.95. The maximum atomic E-state index is 6.02. The summed E-state index contributed by atoms with van der Waals surface area (Å²) in [5.41, 5.74) is 0.919. The van der Waals surface area contributed by atoms with E-state index < -0.39 is 0 Å². The second kappa shape index (κ2) is 6.94. The van der Waals surface area contributed by atoms with Crippen LogP contribution in [0.4, 0.5) is 0 Å². The van der Waals surface area contributed by atoms with Crippen molar-refractivity contribution in [1.82, 2.24) is 25.2 Å². The van der Waals surface area contributed by atoms with E-state index in [4.69, 9.17) is 16.0 Å². The van der Waals surface area contributed by atoms with Gasteiger partial charge in [0.15, 0.2) is 5.76 Å². The van der Waals surface area contributed by atoms with E-state index in [0.717, 1.165) is 23.6 Å². The number of rotatable bonds is 5. The molecular formula is C16H16ClN5OS. The highest BCUT2D eigenvalue weighted by molar-refractivity contribution is 7.98.